The van der Waals surface area contributed by atoms with Gasteiger partial charge in [-0.05, 0) is 42.3 Å². The van der Waals surface area contributed by atoms with Crippen LogP contribution in [0.15, 0.2) is 48.0 Å². The van der Waals surface area contributed by atoms with Gasteiger partial charge in [0, 0.05) is 17.3 Å². The summed E-state index contributed by atoms with van der Waals surface area (Å²) in [5, 5.41) is 21.8. The molecule has 2 aromatic rings. The zero-order valence-corrected chi connectivity index (χ0v) is 13.5. The van der Waals surface area contributed by atoms with Gasteiger partial charge in [-0.15, -0.1) is 0 Å². The Bertz CT molecular complexity index is 802. The fraction of sp³-hybridized carbons (Fsp3) is 0.158. The van der Waals surface area contributed by atoms with Gasteiger partial charge in [-0.3, -0.25) is 4.79 Å². The lowest BCUT2D eigenvalue weighted by molar-refractivity contribution is -0.112. The Kier molecular flexibility index (Phi) is 5.58. The molecule has 0 fully saturated rings. The molecule has 0 bridgehead atoms. The summed E-state index contributed by atoms with van der Waals surface area (Å²) in [5.41, 5.74) is 2.03. The number of rotatable bonds is 5. The SMILES string of the molecule is CCc1ccc(NC(=O)/C(C#N)=C/c2ccc(OC)cc2O)cc1. The van der Waals surface area contributed by atoms with E-state index < -0.39 is 5.91 Å². The minimum Gasteiger partial charge on any atom is -0.507 e. The number of aryl methyl sites for hydroxylation is 1. The molecule has 0 aliphatic heterocycles. The van der Waals surface area contributed by atoms with Crippen LogP contribution >= 0.6 is 0 Å². The van der Waals surface area contributed by atoms with Gasteiger partial charge in [0.15, 0.2) is 0 Å². The fourth-order valence-corrected chi connectivity index (χ4v) is 2.10. The summed E-state index contributed by atoms with van der Waals surface area (Å²) in [6.07, 6.45) is 2.25. The summed E-state index contributed by atoms with van der Waals surface area (Å²) in [6.45, 7) is 2.05. The summed E-state index contributed by atoms with van der Waals surface area (Å²) >= 11 is 0. The second-order valence-corrected chi connectivity index (χ2v) is 5.10. The summed E-state index contributed by atoms with van der Waals surface area (Å²) < 4.78 is 5.00. The van der Waals surface area contributed by atoms with Crippen molar-refractivity contribution in [2.24, 2.45) is 0 Å². The molecule has 0 aliphatic carbocycles. The number of methoxy groups -OCH3 is 1. The van der Waals surface area contributed by atoms with Crippen LogP contribution in [0, 0.1) is 11.3 Å². The number of amides is 1. The lowest BCUT2D eigenvalue weighted by Crippen LogP contribution is -2.13. The predicted molar refractivity (Wildman–Crippen MR) is 92.7 cm³/mol. The number of phenolic OH excluding ortho intramolecular Hbond substituents is 1. The number of nitrogens with zero attached hydrogens (tertiary/aromatic N) is 1. The maximum atomic E-state index is 12.2. The highest BCUT2D eigenvalue weighted by Crippen LogP contribution is 2.25. The number of hydrogen-bond acceptors (Lipinski definition) is 4. The van der Waals surface area contributed by atoms with E-state index in [0.29, 0.717) is 17.0 Å². The van der Waals surface area contributed by atoms with E-state index in [1.807, 2.05) is 25.1 Å². The van der Waals surface area contributed by atoms with E-state index in [2.05, 4.69) is 5.32 Å². The minimum absolute atomic E-state index is 0.0674. The smallest absolute Gasteiger partial charge is 0.266 e. The Morgan fingerprint density at radius 2 is 2.00 bits per heavy atom. The van der Waals surface area contributed by atoms with Gasteiger partial charge in [0.05, 0.1) is 7.11 Å². The molecule has 5 heteroatoms. The first-order chi connectivity index (χ1) is 11.6. The first kappa shape index (κ1) is 17.1. The Morgan fingerprint density at radius 3 is 2.54 bits per heavy atom. The van der Waals surface area contributed by atoms with Crippen molar-refractivity contribution in [3.63, 3.8) is 0 Å². The van der Waals surface area contributed by atoms with Crippen LogP contribution in [-0.4, -0.2) is 18.1 Å². The largest absolute Gasteiger partial charge is 0.507 e. The lowest BCUT2D eigenvalue weighted by atomic mass is 10.1. The van der Waals surface area contributed by atoms with Crippen LogP contribution in [-0.2, 0) is 11.2 Å². The van der Waals surface area contributed by atoms with Gasteiger partial charge in [0.2, 0.25) is 0 Å². The van der Waals surface area contributed by atoms with Gasteiger partial charge >= 0.3 is 0 Å². The van der Waals surface area contributed by atoms with Crippen LogP contribution in [0.5, 0.6) is 11.5 Å². The van der Waals surface area contributed by atoms with Crippen LogP contribution in [0.3, 0.4) is 0 Å². The topological polar surface area (TPSA) is 82.4 Å². The molecule has 0 heterocycles. The molecule has 0 saturated carbocycles. The van der Waals surface area contributed by atoms with Crippen molar-refractivity contribution in [3.05, 3.63) is 59.2 Å². The van der Waals surface area contributed by atoms with E-state index in [1.165, 1.54) is 19.3 Å². The molecule has 0 atom stereocenters. The van der Waals surface area contributed by atoms with Crippen molar-refractivity contribution >= 4 is 17.7 Å². The number of carbonyl (C=O) groups excluding carboxylic acids is 1. The maximum Gasteiger partial charge on any atom is 0.266 e. The van der Waals surface area contributed by atoms with Gasteiger partial charge in [0.25, 0.3) is 5.91 Å². The first-order valence-electron chi connectivity index (χ1n) is 7.46. The van der Waals surface area contributed by atoms with Gasteiger partial charge < -0.3 is 15.2 Å². The molecule has 0 aliphatic rings. The molecule has 1 amide bonds. The van der Waals surface area contributed by atoms with E-state index in [0.717, 1.165) is 12.0 Å². The number of benzene rings is 2. The maximum absolute atomic E-state index is 12.2. The zero-order valence-electron chi connectivity index (χ0n) is 13.5. The van der Waals surface area contributed by atoms with Crippen LogP contribution in [0.2, 0.25) is 0 Å². The van der Waals surface area contributed by atoms with Crippen molar-refractivity contribution in [3.8, 4) is 17.6 Å². The standard InChI is InChI=1S/C19H18N2O3/c1-3-13-4-7-16(8-5-13)21-19(23)15(12-20)10-14-6-9-17(24-2)11-18(14)22/h4-11,22H,3H2,1-2H3,(H,21,23)/b15-10+. The first-order valence-corrected chi connectivity index (χ1v) is 7.46. The summed E-state index contributed by atoms with van der Waals surface area (Å²) in [6, 6.07) is 13.9. The highest BCUT2D eigenvalue weighted by Gasteiger charge is 2.11. The van der Waals surface area contributed by atoms with Crippen LogP contribution in [0.25, 0.3) is 6.08 Å². The molecule has 2 rings (SSSR count). The van der Waals surface area contributed by atoms with E-state index in [4.69, 9.17) is 4.74 Å². The molecular weight excluding hydrogens is 304 g/mol. The molecule has 0 spiro atoms. The number of anilines is 1. The molecule has 2 N–H and O–H groups in total. The van der Waals surface area contributed by atoms with Crippen molar-refractivity contribution < 1.29 is 14.6 Å². The summed E-state index contributed by atoms with van der Waals surface area (Å²) in [7, 11) is 1.49. The van der Waals surface area contributed by atoms with Crippen LogP contribution in [0.4, 0.5) is 5.69 Å². The molecule has 5 nitrogen and oxygen atoms in total. The third-order valence-electron chi connectivity index (χ3n) is 3.52. The second-order valence-electron chi connectivity index (χ2n) is 5.10. The predicted octanol–water partition coefficient (Wildman–Crippen LogP) is 3.51. The second kappa shape index (κ2) is 7.84. The van der Waals surface area contributed by atoms with Gasteiger partial charge in [-0.1, -0.05) is 19.1 Å². The van der Waals surface area contributed by atoms with Crippen molar-refractivity contribution in [1.82, 2.24) is 0 Å². The van der Waals surface area contributed by atoms with E-state index >= 15 is 0 Å². The fourth-order valence-electron chi connectivity index (χ4n) is 2.10. The third kappa shape index (κ3) is 4.14. The highest BCUT2D eigenvalue weighted by molar-refractivity contribution is 6.09. The molecule has 0 radical (unpaired) electrons. The van der Waals surface area contributed by atoms with Gasteiger partial charge in [-0.25, -0.2) is 0 Å². The molecule has 2 aromatic carbocycles. The third-order valence-corrected chi connectivity index (χ3v) is 3.52. The number of nitrogens with one attached hydrogen (secondary N) is 1. The van der Waals surface area contributed by atoms with Gasteiger partial charge in [-0.2, -0.15) is 5.26 Å². The quantitative estimate of drug-likeness (QED) is 0.652. The normalized spacial score (nSPS) is 10.8. The minimum atomic E-state index is -0.531. The van der Waals surface area contributed by atoms with Crippen molar-refractivity contribution in [1.29, 1.82) is 5.26 Å². The Hall–Kier alpha value is -3.26. The average Bonchev–Trinajstić information content (AvgIpc) is 2.61. The number of nitriles is 1. The number of hydrogen-bond donors (Lipinski definition) is 2. The molecule has 0 aromatic heterocycles. The molecular formula is C19H18N2O3. The number of carbonyl (C=O) groups is 1. The van der Waals surface area contributed by atoms with E-state index in [9.17, 15) is 15.2 Å². The van der Waals surface area contributed by atoms with Crippen LogP contribution in [0.1, 0.15) is 18.1 Å². The molecule has 0 saturated heterocycles. The van der Waals surface area contributed by atoms with E-state index in [-0.39, 0.29) is 11.3 Å². The summed E-state index contributed by atoms with van der Waals surface area (Å²) in [4.78, 5) is 12.2. The number of ether oxygens (including phenoxy) is 1. The van der Waals surface area contributed by atoms with Crippen molar-refractivity contribution in [2.45, 2.75) is 13.3 Å². The highest BCUT2D eigenvalue weighted by atomic mass is 16.5. The molecule has 24 heavy (non-hydrogen) atoms. The van der Waals surface area contributed by atoms with Gasteiger partial charge in [0.1, 0.15) is 23.1 Å². The number of aromatic hydroxyl groups is 1. The average molecular weight is 322 g/mol. The molecule has 122 valence electrons. The Morgan fingerprint density at radius 1 is 1.29 bits per heavy atom. The van der Waals surface area contributed by atoms with Crippen LogP contribution < -0.4 is 10.1 Å². The lowest BCUT2D eigenvalue weighted by Gasteiger charge is -2.06. The Labute approximate surface area is 140 Å². The Balaban J connectivity index is 2.20. The zero-order chi connectivity index (χ0) is 17.5. The monoisotopic (exact) mass is 322 g/mol. The van der Waals surface area contributed by atoms with Crippen molar-refractivity contribution in [2.75, 3.05) is 12.4 Å². The number of phenols is 1. The summed E-state index contributed by atoms with van der Waals surface area (Å²) in [5.74, 6) is -0.109. The molecule has 0 unspecified atom stereocenters. The van der Waals surface area contributed by atoms with E-state index in [1.54, 1.807) is 24.3 Å².